The molecule has 4 nitrogen and oxygen atoms in total. The van der Waals surface area contributed by atoms with Crippen LogP contribution in [-0.4, -0.2) is 23.6 Å². The van der Waals surface area contributed by atoms with Gasteiger partial charge in [0.15, 0.2) is 17.5 Å². The number of alkyl halides is 2. The third-order valence-corrected chi connectivity index (χ3v) is 2.59. The molecule has 2 rings (SSSR count). The summed E-state index contributed by atoms with van der Waals surface area (Å²) in [5.41, 5.74) is 0.776. The van der Waals surface area contributed by atoms with Gasteiger partial charge in [-0.05, 0) is 31.2 Å². The van der Waals surface area contributed by atoms with Gasteiger partial charge in [-0.25, -0.2) is 14.4 Å². The Labute approximate surface area is 113 Å². The van der Waals surface area contributed by atoms with E-state index in [4.69, 9.17) is 0 Å². The van der Waals surface area contributed by atoms with Gasteiger partial charge in [0.1, 0.15) is 5.75 Å². The molecule has 1 aromatic carbocycles. The van der Waals surface area contributed by atoms with E-state index >= 15 is 0 Å². The van der Waals surface area contributed by atoms with Crippen molar-refractivity contribution in [2.75, 3.05) is 12.4 Å². The third-order valence-electron chi connectivity index (χ3n) is 2.59. The summed E-state index contributed by atoms with van der Waals surface area (Å²) in [5, 5.41) is 2.63. The molecule has 0 radical (unpaired) electrons. The highest BCUT2D eigenvalue weighted by Crippen LogP contribution is 2.23. The van der Waals surface area contributed by atoms with Gasteiger partial charge >= 0.3 is 6.61 Å². The molecule has 106 valence electrons. The van der Waals surface area contributed by atoms with E-state index in [0.717, 1.165) is 0 Å². The lowest BCUT2D eigenvalue weighted by atomic mass is 10.2. The monoisotopic (exact) mass is 283 g/mol. The van der Waals surface area contributed by atoms with Crippen LogP contribution in [0.1, 0.15) is 5.69 Å². The minimum Gasteiger partial charge on any atom is -0.435 e. The van der Waals surface area contributed by atoms with Crippen LogP contribution in [0.2, 0.25) is 0 Å². The number of aryl methyl sites for hydroxylation is 1. The van der Waals surface area contributed by atoms with Crippen LogP contribution in [-0.2, 0) is 0 Å². The lowest BCUT2D eigenvalue weighted by Gasteiger charge is -2.08. The average Bonchev–Trinajstić information content (AvgIpc) is 2.42. The fourth-order valence-corrected chi connectivity index (χ4v) is 1.64. The molecule has 20 heavy (non-hydrogen) atoms. The van der Waals surface area contributed by atoms with Crippen molar-refractivity contribution in [3.05, 3.63) is 35.8 Å². The molecule has 1 N–H and O–H groups in total. The highest BCUT2D eigenvalue weighted by molar-refractivity contribution is 5.59. The predicted molar refractivity (Wildman–Crippen MR) is 68.3 cm³/mol. The highest BCUT2D eigenvalue weighted by atomic mass is 19.3. The van der Waals surface area contributed by atoms with E-state index in [1.165, 1.54) is 31.2 Å². The molecule has 0 amide bonds. The first kappa shape index (κ1) is 14.1. The van der Waals surface area contributed by atoms with Crippen LogP contribution in [0.5, 0.6) is 5.75 Å². The van der Waals surface area contributed by atoms with Crippen molar-refractivity contribution < 1.29 is 17.9 Å². The number of nitrogens with one attached hydrogen (secondary N) is 1. The number of ether oxygens (including phenoxy) is 1. The Bertz CT molecular complexity index is 603. The van der Waals surface area contributed by atoms with Crippen LogP contribution in [0.25, 0.3) is 11.4 Å². The minimum absolute atomic E-state index is 0.0384. The summed E-state index contributed by atoms with van der Waals surface area (Å²) in [5.74, 6) is -0.0948. The van der Waals surface area contributed by atoms with Gasteiger partial charge in [0.05, 0.1) is 5.69 Å². The van der Waals surface area contributed by atoms with E-state index in [9.17, 15) is 13.2 Å². The van der Waals surface area contributed by atoms with Crippen molar-refractivity contribution in [2.45, 2.75) is 13.5 Å². The first-order chi connectivity index (χ1) is 9.51. The smallest absolute Gasteiger partial charge is 0.387 e. The molecule has 0 saturated carbocycles. The van der Waals surface area contributed by atoms with Gasteiger partial charge in [0.2, 0.25) is 0 Å². The third kappa shape index (κ3) is 2.98. The van der Waals surface area contributed by atoms with E-state index < -0.39 is 12.4 Å². The maximum Gasteiger partial charge on any atom is 0.387 e. The summed E-state index contributed by atoms with van der Waals surface area (Å²) < 4.78 is 41.9. The SMILES string of the molecule is CNc1nc(-c2ccc(OC(F)F)cc2)nc(C)c1F. The molecule has 0 unspecified atom stereocenters. The normalized spacial score (nSPS) is 10.7. The second-order valence-corrected chi connectivity index (χ2v) is 3.95. The van der Waals surface area contributed by atoms with Crippen molar-refractivity contribution in [3.8, 4) is 17.1 Å². The van der Waals surface area contributed by atoms with Gasteiger partial charge < -0.3 is 10.1 Å². The summed E-state index contributed by atoms with van der Waals surface area (Å²) >= 11 is 0. The van der Waals surface area contributed by atoms with Crippen molar-refractivity contribution in [2.24, 2.45) is 0 Å². The maximum atomic E-state index is 13.6. The van der Waals surface area contributed by atoms with Gasteiger partial charge in [0.25, 0.3) is 0 Å². The molecule has 1 heterocycles. The fourth-order valence-electron chi connectivity index (χ4n) is 1.64. The second kappa shape index (κ2) is 5.77. The predicted octanol–water partition coefficient (Wildman–Crippen LogP) is 3.23. The second-order valence-electron chi connectivity index (χ2n) is 3.95. The molecule has 0 fully saturated rings. The maximum absolute atomic E-state index is 13.6. The Morgan fingerprint density at radius 3 is 2.35 bits per heavy atom. The number of nitrogens with zero attached hydrogens (tertiary/aromatic N) is 2. The van der Waals surface area contributed by atoms with Gasteiger partial charge in [-0.3, -0.25) is 0 Å². The zero-order valence-electron chi connectivity index (χ0n) is 10.8. The number of rotatable bonds is 4. The fraction of sp³-hybridized carbons (Fsp3) is 0.231. The topological polar surface area (TPSA) is 47.0 Å². The van der Waals surface area contributed by atoms with E-state index in [0.29, 0.717) is 11.4 Å². The van der Waals surface area contributed by atoms with Crippen molar-refractivity contribution in [1.82, 2.24) is 9.97 Å². The Morgan fingerprint density at radius 1 is 1.15 bits per heavy atom. The lowest BCUT2D eigenvalue weighted by molar-refractivity contribution is -0.0498. The Hall–Kier alpha value is -2.31. The number of benzene rings is 1. The van der Waals surface area contributed by atoms with E-state index in [1.807, 2.05) is 0 Å². The number of aromatic nitrogens is 2. The van der Waals surface area contributed by atoms with Crippen LogP contribution < -0.4 is 10.1 Å². The van der Waals surface area contributed by atoms with Gasteiger partial charge in [-0.15, -0.1) is 0 Å². The van der Waals surface area contributed by atoms with Crippen LogP contribution in [0.15, 0.2) is 24.3 Å². The summed E-state index contributed by atoms with van der Waals surface area (Å²) in [6, 6.07) is 5.82. The molecule has 7 heteroatoms. The summed E-state index contributed by atoms with van der Waals surface area (Å²) in [6.45, 7) is -1.35. The largest absolute Gasteiger partial charge is 0.435 e. The summed E-state index contributed by atoms with van der Waals surface area (Å²) in [4.78, 5) is 8.05. The van der Waals surface area contributed by atoms with Crippen LogP contribution >= 0.6 is 0 Å². The molecule has 0 atom stereocenters. The number of halogens is 3. The molecular formula is C13H12F3N3O. The Kier molecular flexibility index (Phi) is 4.07. The molecule has 2 aromatic rings. The van der Waals surface area contributed by atoms with Crippen LogP contribution in [0.3, 0.4) is 0 Å². The average molecular weight is 283 g/mol. The Morgan fingerprint density at radius 2 is 1.80 bits per heavy atom. The molecule has 0 aliphatic carbocycles. The molecule has 0 bridgehead atoms. The van der Waals surface area contributed by atoms with Crippen molar-refractivity contribution >= 4 is 5.82 Å². The zero-order valence-corrected chi connectivity index (χ0v) is 10.8. The molecule has 0 saturated heterocycles. The standard InChI is InChI=1S/C13H12F3N3O/c1-7-10(14)12(17-2)19-11(18-7)8-3-5-9(6-4-8)20-13(15)16/h3-6,13H,1-2H3,(H,17,18,19). The lowest BCUT2D eigenvalue weighted by Crippen LogP contribution is -2.04. The van der Waals surface area contributed by atoms with Crippen molar-refractivity contribution in [3.63, 3.8) is 0 Å². The molecule has 0 aliphatic heterocycles. The van der Waals surface area contributed by atoms with E-state index in [1.54, 1.807) is 7.05 Å². The highest BCUT2D eigenvalue weighted by Gasteiger charge is 2.12. The molecule has 0 aliphatic rings. The van der Waals surface area contributed by atoms with Gasteiger partial charge in [-0.1, -0.05) is 0 Å². The zero-order chi connectivity index (χ0) is 14.7. The number of anilines is 1. The molecular weight excluding hydrogens is 271 g/mol. The summed E-state index contributed by atoms with van der Waals surface area (Å²) in [6.07, 6.45) is 0. The number of hydrogen-bond donors (Lipinski definition) is 1. The first-order valence-corrected chi connectivity index (χ1v) is 5.78. The first-order valence-electron chi connectivity index (χ1n) is 5.78. The van der Waals surface area contributed by atoms with E-state index in [-0.39, 0.29) is 17.3 Å². The molecule has 1 aromatic heterocycles. The van der Waals surface area contributed by atoms with Gasteiger partial charge in [-0.2, -0.15) is 8.78 Å². The van der Waals surface area contributed by atoms with Gasteiger partial charge in [0, 0.05) is 12.6 Å². The minimum atomic E-state index is -2.87. The van der Waals surface area contributed by atoms with Crippen molar-refractivity contribution in [1.29, 1.82) is 0 Å². The quantitative estimate of drug-likeness (QED) is 0.935. The van der Waals surface area contributed by atoms with Crippen LogP contribution in [0.4, 0.5) is 19.0 Å². The number of hydrogen-bond acceptors (Lipinski definition) is 4. The Balaban J connectivity index is 2.34. The summed E-state index contributed by atoms with van der Waals surface area (Å²) in [7, 11) is 1.55. The molecule has 0 spiro atoms. The van der Waals surface area contributed by atoms with E-state index in [2.05, 4.69) is 20.0 Å². The van der Waals surface area contributed by atoms with Crippen LogP contribution in [0, 0.1) is 12.7 Å².